The molecule has 21 heavy (non-hydrogen) atoms. The first-order valence-electron chi connectivity index (χ1n) is 7.82. The van der Waals surface area contributed by atoms with E-state index in [1.807, 2.05) is 11.8 Å². The Labute approximate surface area is 128 Å². The van der Waals surface area contributed by atoms with Gasteiger partial charge in [0.2, 0.25) is 0 Å². The first-order chi connectivity index (χ1) is 10.2. The van der Waals surface area contributed by atoms with Gasteiger partial charge in [0.1, 0.15) is 11.4 Å². The van der Waals surface area contributed by atoms with E-state index in [2.05, 4.69) is 22.4 Å². The molecule has 1 aromatic carbocycles. The van der Waals surface area contributed by atoms with Crippen molar-refractivity contribution in [3.63, 3.8) is 0 Å². The molecule has 3 atom stereocenters. The predicted octanol–water partition coefficient (Wildman–Crippen LogP) is 1.46. The number of allylic oxidation sites excluding steroid dienone is 2. The van der Waals surface area contributed by atoms with Crippen LogP contribution in [0.25, 0.3) is 0 Å². The van der Waals surface area contributed by atoms with Gasteiger partial charge in [-0.1, -0.05) is 12.2 Å². The van der Waals surface area contributed by atoms with Crippen molar-refractivity contribution in [1.29, 1.82) is 0 Å². The fraction of sp³-hybridized carbons (Fsp3) is 0.625. The number of nitrogens with zero attached hydrogens (tertiary/aromatic N) is 1. The van der Waals surface area contributed by atoms with E-state index in [1.165, 1.54) is 12.8 Å². The molecule has 2 bridgehead atoms. The van der Waals surface area contributed by atoms with Crippen LogP contribution in [-0.2, 0) is 0 Å². The average molecular weight is 304 g/mol. The van der Waals surface area contributed by atoms with Gasteiger partial charge in [0.25, 0.3) is 10.9 Å². The van der Waals surface area contributed by atoms with Crippen molar-refractivity contribution in [2.24, 2.45) is 17.8 Å². The highest BCUT2D eigenvalue weighted by Gasteiger charge is 2.36. The summed E-state index contributed by atoms with van der Waals surface area (Å²) in [7, 11) is 0. The van der Waals surface area contributed by atoms with Crippen LogP contribution in [0.1, 0.15) is 12.8 Å². The van der Waals surface area contributed by atoms with Crippen LogP contribution in [0.5, 0.6) is 0 Å². The third kappa shape index (κ3) is 2.22. The second kappa shape index (κ2) is 5.20. The molecular formula is C16H20N2O2S. The first-order valence-corrected chi connectivity index (χ1v) is 8.97. The van der Waals surface area contributed by atoms with Gasteiger partial charge in [-0.05, 0) is 30.6 Å². The highest BCUT2D eigenvalue weighted by molar-refractivity contribution is 7.99. The van der Waals surface area contributed by atoms with E-state index in [0.717, 1.165) is 37.1 Å². The van der Waals surface area contributed by atoms with Gasteiger partial charge in [-0.2, -0.15) is 11.8 Å². The molecular weight excluding hydrogens is 284 g/mol. The van der Waals surface area contributed by atoms with E-state index in [-0.39, 0.29) is 10.9 Å². The standard InChI is InChI=1S/C16H20N2O2S/c19-15-13(14(16(15)20)18-3-5-21-6-4-18)17-9-12-8-10-1-2-11(12)7-10/h1-2,10-12,17H,3-9H2/t10-,11-,12+/m0/s1. The van der Waals surface area contributed by atoms with Gasteiger partial charge in [0.05, 0.1) is 0 Å². The molecule has 2 aliphatic carbocycles. The van der Waals surface area contributed by atoms with Gasteiger partial charge in [-0.15, -0.1) is 0 Å². The van der Waals surface area contributed by atoms with E-state index in [4.69, 9.17) is 0 Å². The molecule has 3 aliphatic rings. The lowest BCUT2D eigenvalue weighted by molar-refractivity contribution is 0.471. The fourth-order valence-corrected chi connectivity index (χ4v) is 4.90. The molecule has 0 radical (unpaired) electrons. The fourth-order valence-electron chi connectivity index (χ4n) is 3.99. The van der Waals surface area contributed by atoms with Crippen molar-refractivity contribution in [3.8, 4) is 0 Å². The van der Waals surface area contributed by atoms with Crippen molar-refractivity contribution < 1.29 is 0 Å². The van der Waals surface area contributed by atoms with E-state index in [9.17, 15) is 9.59 Å². The van der Waals surface area contributed by atoms with Crippen LogP contribution in [0.4, 0.5) is 11.4 Å². The number of thioether (sulfide) groups is 1. The Morgan fingerprint density at radius 2 is 1.95 bits per heavy atom. The SMILES string of the molecule is O=c1c(NC[C@H]2C[C@H]3C=C[C@H]2C3)c(N2CCSCC2)c1=O. The Hall–Kier alpha value is -1.23. The highest BCUT2D eigenvalue weighted by Crippen LogP contribution is 2.43. The van der Waals surface area contributed by atoms with Gasteiger partial charge >= 0.3 is 0 Å². The first kappa shape index (κ1) is 13.4. The molecule has 1 saturated carbocycles. The minimum absolute atomic E-state index is 0.294. The third-order valence-electron chi connectivity index (χ3n) is 5.17. The number of hydrogen-bond acceptors (Lipinski definition) is 5. The van der Waals surface area contributed by atoms with Crippen LogP contribution in [0.15, 0.2) is 21.7 Å². The molecule has 0 amide bonds. The molecule has 1 saturated heterocycles. The lowest BCUT2D eigenvalue weighted by Gasteiger charge is -2.31. The van der Waals surface area contributed by atoms with Gasteiger partial charge in [0, 0.05) is 31.1 Å². The molecule has 0 aromatic heterocycles. The van der Waals surface area contributed by atoms with Gasteiger partial charge < -0.3 is 10.2 Å². The maximum absolute atomic E-state index is 11.9. The summed E-state index contributed by atoms with van der Waals surface area (Å²) in [4.78, 5) is 25.8. The summed E-state index contributed by atoms with van der Waals surface area (Å²) < 4.78 is 0. The van der Waals surface area contributed by atoms with E-state index in [1.54, 1.807) is 0 Å². The topological polar surface area (TPSA) is 49.4 Å². The molecule has 112 valence electrons. The van der Waals surface area contributed by atoms with Crippen molar-refractivity contribution in [3.05, 3.63) is 32.6 Å². The molecule has 4 nitrogen and oxygen atoms in total. The van der Waals surface area contributed by atoms with Gasteiger partial charge in [-0.3, -0.25) is 9.59 Å². The minimum atomic E-state index is -0.318. The Morgan fingerprint density at radius 3 is 2.62 bits per heavy atom. The molecule has 4 rings (SSSR count). The zero-order valence-corrected chi connectivity index (χ0v) is 12.8. The highest BCUT2D eigenvalue weighted by atomic mass is 32.2. The summed E-state index contributed by atoms with van der Waals surface area (Å²) in [5.74, 6) is 4.11. The Balaban J connectivity index is 1.45. The molecule has 1 aromatic rings. The van der Waals surface area contributed by atoms with Gasteiger partial charge in [-0.25, -0.2) is 0 Å². The van der Waals surface area contributed by atoms with Crippen LogP contribution in [0.2, 0.25) is 0 Å². The van der Waals surface area contributed by atoms with Crippen molar-refractivity contribution in [2.75, 3.05) is 41.4 Å². The Kier molecular flexibility index (Phi) is 3.32. The lowest BCUT2D eigenvalue weighted by atomic mass is 9.93. The molecule has 0 spiro atoms. The second-order valence-electron chi connectivity index (χ2n) is 6.40. The number of fused-ring (bicyclic) bond motifs is 2. The molecule has 2 fully saturated rings. The maximum atomic E-state index is 11.9. The van der Waals surface area contributed by atoms with Crippen LogP contribution in [0.3, 0.4) is 0 Å². The van der Waals surface area contributed by atoms with Crippen LogP contribution >= 0.6 is 11.8 Å². The second-order valence-corrected chi connectivity index (χ2v) is 7.63. The summed E-state index contributed by atoms with van der Waals surface area (Å²) in [6, 6.07) is 0. The Bertz CT molecular complexity index is 641. The third-order valence-corrected chi connectivity index (χ3v) is 6.11. The van der Waals surface area contributed by atoms with Crippen molar-refractivity contribution >= 4 is 23.1 Å². The van der Waals surface area contributed by atoms with Crippen molar-refractivity contribution in [1.82, 2.24) is 0 Å². The predicted molar refractivity (Wildman–Crippen MR) is 88.2 cm³/mol. The number of rotatable bonds is 4. The maximum Gasteiger partial charge on any atom is 0.253 e. The van der Waals surface area contributed by atoms with Crippen molar-refractivity contribution in [2.45, 2.75) is 12.8 Å². The molecule has 1 N–H and O–H groups in total. The average Bonchev–Trinajstić information content (AvgIpc) is 3.14. The number of hydrogen-bond donors (Lipinski definition) is 1. The summed E-state index contributed by atoms with van der Waals surface area (Å²) in [6.45, 7) is 2.58. The van der Waals surface area contributed by atoms with E-state index >= 15 is 0 Å². The van der Waals surface area contributed by atoms with Gasteiger partial charge in [0.15, 0.2) is 0 Å². The summed E-state index contributed by atoms with van der Waals surface area (Å²) in [5.41, 5.74) is 0.622. The van der Waals surface area contributed by atoms with Crippen LogP contribution in [-0.4, -0.2) is 31.1 Å². The van der Waals surface area contributed by atoms with E-state index < -0.39 is 0 Å². The smallest absolute Gasteiger partial charge is 0.253 e. The normalized spacial score (nSPS) is 31.2. The minimum Gasteiger partial charge on any atom is -0.380 e. The summed E-state index contributed by atoms with van der Waals surface area (Å²) >= 11 is 1.91. The lowest BCUT2D eigenvalue weighted by Crippen LogP contribution is -2.46. The Morgan fingerprint density at radius 1 is 1.14 bits per heavy atom. The zero-order valence-electron chi connectivity index (χ0n) is 12.0. The largest absolute Gasteiger partial charge is 0.380 e. The quantitative estimate of drug-likeness (QED) is 0.674. The number of anilines is 2. The van der Waals surface area contributed by atoms with Crippen LogP contribution in [0, 0.1) is 17.8 Å². The molecule has 0 unspecified atom stereocenters. The monoisotopic (exact) mass is 304 g/mol. The summed E-state index contributed by atoms with van der Waals surface area (Å²) in [6.07, 6.45) is 7.15. The molecule has 1 heterocycles. The van der Waals surface area contributed by atoms with E-state index in [0.29, 0.717) is 23.2 Å². The number of nitrogens with one attached hydrogen (secondary N) is 1. The summed E-state index contributed by atoms with van der Waals surface area (Å²) in [5, 5.41) is 3.30. The molecule has 1 aliphatic heterocycles. The zero-order chi connectivity index (χ0) is 14.4. The molecule has 5 heteroatoms. The van der Waals surface area contributed by atoms with Crippen LogP contribution < -0.4 is 21.1 Å².